The number of aromatic nitrogens is 2. The van der Waals surface area contributed by atoms with Crippen molar-refractivity contribution in [1.82, 2.24) is 14.5 Å². The number of nitrogens with one attached hydrogen (secondary N) is 1. The SMILES string of the molecule is Cn1cc(S(=O)(=O)NCCOCCCl)cn1. The van der Waals surface area contributed by atoms with Crippen LogP contribution in [-0.2, 0) is 21.8 Å². The average molecular weight is 268 g/mol. The Kier molecular flexibility index (Phi) is 5.20. The summed E-state index contributed by atoms with van der Waals surface area (Å²) >= 11 is 5.39. The van der Waals surface area contributed by atoms with Crippen LogP contribution in [0.4, 0.5) is 0 Å². The van der Waals surface area contributed by atoms with Gasteiger partial charge < -0.3 is 4.74 Å². The summed E-state index contributed by atoms with van der Waals surface area (Å²) in [5.74, 6) is 0.398. The lowest BCUT2D eigenvalue weighted by atomic mass is 10.7. The Morgan fingerprint density at radius 1 is 1.56 bits per heavy atom. The van der Waals surface area contributed by atoms with Crippen molar-refractivity contribution >= 4 is 21.6 Å². The van der Waals surface area contributed by atoms with Gasteiger partial charge in [0.2, 0.25) is 10.0 Å². The second-order valence-corrected chi connectivity index (χ2v) is 5.19. The van der Waals surface area contributed by atoms with Crippen LogP contribution in [0.15, 0.2) is 17.3 Å². The first kappa shape index (κ1) is 13.4. The summed E-state index contributed by atoms with van der Waals surface area (Å²) < 4.78 is 32.1. The molecule has 0 aromatic carbocycles. The molecule has 0 atom stereocenters. The van der Waals surface area contributed by atoms with Crippen LogP contribution in [0.5, 0.6) is 0 Å². The van der Waals surface area contributed by atoms with Gasteiger partial charge in [-0.05, 0) is 0 Å². The predicted molar refractivity (Wildman–Crippen MR) is 59.9 cm³/mol. The first-order valence-corrected chi connectivity index (χ1v) is 6.70. The molecule has 0 spiro atoms. The normalized spacial score (nSPS) is 11.9. The van der Waals surface area contributed by atoms with Crippen LogP contribution < -0.4 is 4.72 Å². The van der Waals surface area contributed by atoms with E-state index in [0.717, 1.165) is 0 Å². The van der Waals surface area contributed by atoms with Gasteiger partial charge in [0.1, 0.15) is 4.90 Å². The molecule has 6 nitrogen and oxygen atoms in total. The van der Waals surface area contributed by atoms with Gasteiger partial charge in [0.05, 0.1) is 19.4 Å². The summed E-state index contributed by atoms with van der Waals surface area (Å²) in [5, 5.41) is 3.79. The summed E-state index contributed by atoms with van der Waals surface area (Å²) in [6, 6.07) is 0. The molecule has 0 saturated carbocycles. The molecule has 1 aromatic rings. The van der Waals surface area contributed by atoms with Crippen LogP contribution in [0.2, 0.25) is 0 Å². The fourth-order valence-electron chi connectivity index (χ4n) is 1.03. The quantitative estimate of drug-likeness (QED) is 0.556. The van der Waals surface area contributed by atoms with Crippen molar-refractivity contribution in [3.05, 3.63) is 12.4 Å². The van der Waals surface area contributed by atoms with E-state index >= 15 is 0 Å². The van der Waals surface area contributed by atoms with Gasteiger partial charge in [-0.1, -0.05) is 0 Å². The van der Waals surface area contributed by atoms with Crippen molar-refractivity contribution in [2.24, 2.45) is 7.05 Å². The minimum Gasteiger partial charge on any atom is -0.379 e. The number of sulfonamides is 1. The maximum atomic E-state index is 11.6. The van der Waals surface area contributed by atoms with Crippen LogP contribution in [0.25, 0.3) is 0 Å². The highest BCUT2D eigenvalue weighted by Crippen LogP contribution is 2.04. The van der Waals surface area contributed by atoms with Gasteiger partial charge in [-0.25, -0.2) is 13.1 Å². The number of ether oxygens (including phenoxy) is 1. The Labute approximate surface area is 99.6 Å². The maximum Gasteiger partial charge on any atom is 0.243 e. The molecule has 8 heteroatoms. The Balaban J connectivity index is 2.41. The highest BCUT2D eigenvalue weighted by atomic mass is 35.5. The molecular weight excluding hydrogens is 254 g/mol. The van der Waals surface area contributed by atoms with Crippen molar-refractivity contribution in [2.45, 2.75) is 4.90 Å². The minimum absolute atomic E-state index is 0.146. The lowest BCUT2D eigenvalue weighted by molar-refractivity contribution is 0.155. The van der Waals surface area contributed by atoms with Crippen LogP contribution in [0, 0.1) is 0 Å². The fraction of sp³-hybridized carbons (Fsp3) is 0.625. The second kappa shape index (κ2) is 6.19. The molecule has 0 bridgehead atoms. The molecule has 1 heterocycles. The van der Waals surface area contributed by atoms with E-state index in [9.17, 15) is 8.42 Å². The molecule has 0 fully saturated rings. The van der Waals surface area contributed by atoms with Gasteiger partial charge in [0, 0.05) is 25.7 Å². The number of rotatable bonds is 7. The van der Waals surface area contributed by atoms with E-state index in [1.54, 1.807) is 7.05 Å². The number of hydrogen-bond donors (Lipinski definition) is 1. The summed E-state index contributed by atoms with van der Waals surface area (Å²) in [4.78, 5) is 0.146. The summed E-state index contributed by atoms with van der Waals surface area (Å²) in [7, 11) is -1.82. The van der Waals surface area contributed by atoms with Gasteiger partial charge in [-0.15, -0.1) is 11.6 Å². The third-order valence-corrected chi connectivity index (χ3v) is 3.32. The van der Waals surface area contributed by atoms with Crippen LogP contribution in [0.1, 0.15) is 0 Å². The predicted octanol–water partition coefficient (Wildman–Crippen LogP) is -0.0462. The first-order chi connectivity index (χ1) is 7.56. The van der Waals surface area contributed by atoms with E-state index in [1.165, 1.54) is 17.1 Å². The van der Waals surface area contributed by atoms with Crippen LogP contribution in [-0.4, -0.2) is 43.8 Å². The van der Waals surface area contributed by atoms with Crippen molar-refractivity contribution in [3.63, 3.8) is 0 Å². The third kappa shape index (κ3) is 4.09. The van der Waals surface area contributed by atoms with Crippen molar-refractivity contribution in [1.29, 1.82) is 0 Å². The fourth-order valence-corrected chi connectivity index (χ4v) is 2.13. The van der Waals surface area contributed by atoms with Gasteiger partial charge in [0.15, 0.2) is 0 Å². The lowest BCUT2D eigenvalue weighted by Crippen LogP contribution is -2.27. The van der Waals surface area contributed by atoms with E-state index in [1.807, 2.05) is 0 Å². The summed E-state index contributed by atoms with van der Waals surface area (Å²) in [6.07, 6.45) is 2.73. The molecule has 1 rings (SSSR count). The Morgan fingerprint density at radius 3 is 2.88 bits per heavy atom. The summed E-state index contributed by atoms with van der Waals surface area (Å²) in [5.41, 5.74) is 0. The molecular formula is C8H14ClN3O3S. The monoisotopic (exact) mass is 267 g/mol. The Bertz CT molecular complexity index is 418. The standard InChI is InChI=1S/C8H14ClN3O3S/c1-12-7-8(6-10-12)16(13,14)11-3-5-15-4-2-9/h6-7,11H,2-5H2,1H3. The molecule has 0 radical (unpaired) electrons. The van der Waals surface area contributed by atoms with Gasteiger partial charge in [-0.2, -0.15) is 5.10 Å². The highest BCUT2D eigenvalue weighted by molar-refractivity contribution is 7.89. The Hall–Kier alpha value is -0.630. The third-order valence-electron chi connectivity index (χ3n) is 1.75. The van der Waals surface area contributed by atoms with Crippen LogP contribution in [0.3, 0.4) is 0 Å². The molecule has 0 aliphatic rings. The van der Waals surface area contributed by atoms with E-state index in [4.69, 9.17) is 16.3 Å². The first-order valence-electron chi connectivity index (χ1n) is 4.68. The average Bonchev–Trinajstić information content (AvgIpc) is 2.65. The molecule has 0 unspecified atom stereocenters. The zero-order valence-corrected chi connectivity index (χ0v) is 10.5. The van der Waals surface area contributed by atoms with Crippen molar-refractivity contribution in [2.75, 3.05) is 25.6 Å². The molecule has 92 valence electrons. The lowest BCUT2D eigenvalue weighted by Gasteiger charge is -2.04. The van der Waals surface area contributed by atoms with Crippen molar-refractivity contribution in [3.8, 4) is 0 Å². The zero-order valence-electron chi connectivity index (χ0n) is 8.89. The second-order valence-electron chi connectivity index (χ2n) is 3.05. The number of alkyl halides is 1. The number of hydrogen-bond acceptors (Lipinski definition) is 4. The topological polar surface area (TPSA) is 73.2 Å². The van der Waals surface area contributed by atoms with Gasteiger partial charge >= 0.3 is 0 Å². The molecule has 16 heavy (non-hydrogen) atoms. The zero-order chi connectivity index (χ0) is 12.0. The van der Waals surface area contributed by atoms with Crippen molar-refractivity contribution < 1.29 is 13.2 Å². The molecule has 0 aliphatic carbocycles. The highest BCUT2D eigenvalue weighted by Gasteiger charge is 2.14. The molecule has 0 saturated heterocycles. The number of halogens is 1. The number of aryl methyl sites for hydroxylation is 1. The molecule has 0 aliphatic heterocycles. The minimum atomic E-state index is -3.47. The molecule has 1 N–H and O–H groups in total. The van der Waals surface area contributed by atoms with E-state index in [-0.39, 0.29) is 11.4 Å². The molecule has 1 aromatic heterocycles. The van der Waals surface area contributed by atoms with Crippen LogP contribution >= 0.6 is 11.6 Å². The van der Waals surface area contributed by atoms with E-state index in [2.05, 4.69) is 9.82 Å². The van der Waals surface area contributed by atoms with E-state index in [0.29, 0.717) is 19.1 Å². The summed E-state index contributed by atoms with van der Waals surface area (Å²) in [6.45, 7) is 0.927. The largest absolute Gasteiger partial charge is 0.379 e. The van der Waals surface area contributed by atoms with E-state index < -0.39 is 10.0 Å². The Morgan fingerprint density at radius 2 is 2.31 bits per heavy atom. The van der Waals surface area contributed by atoms with Gasteiger partial charge in [-0.3, -0.25) is 4.68 Å². The maximum absolute atomic E-state index is 11.6. The number of nitrogens with zero attached hydrogens (tertiary/aromatic N) is 2. The molecule has 0 amide bonds. The smallest absolute Gasteiger partial charge is 0.243 e. The van der Waals surface area contributed by atoms with Gasteiger partial charge in [0.25, 0.3) is 0 Å².